The third kappa shape index (κ3) is 6.26. The highest BCUT2D eigenvalue weighted by atomic mass is 16.5. The number of para-hydroxylation sites is 1. The van der Waals surface area contributed by atoms with Gasteiger partial charge in [-0.05, 0) is 47.9 Å². The van der Waals surface area contributed by atoms with Gasteiger partial charge in [0.2, 0.25) is 0 Å². The Kier molecular flexibility index (Phi) is 7.96. The standard InChI is InChI=1S/C25H29NO3/c1-27-23-11-7-6-10-22(23)14-16-26-19-21-12-13-24(25(18-21)28-2)29-17-15-20-8-4-3-5-9-20/h3-13,18,26H,14-17,19H2,1-2H3. The fourth-order valence-corrected chi connectivity index (χ4v) is 3.23. The summed E-state index contributed by atoms with van der Waals surface area (Å²) < 4.78 is 16.9. The van der Waals surface area contributed by atoms with Crippen molar-refractivity contribution in [3.63, 3.8) is 0 Å². The second-order valence-electron chi connectivity index (χ2n) is 6.81. The van der Waals surface area contributed by atoms with Gasteiger partial charge in [0, 0.05) is 13.0 Å². The summed E-state index contributed by atoms with van der Waals surface area (Å²) in [6.07, 6.45) is 1.79. The molecule has 0 saturated carbocycles. The number of hydrogen-bond donors (Lipinski definition) is 1. The SMILES string of the molecule is COc1ccccc1CCNCc1ccc(OCCc2ccccc2)c(OC)c1. The zero-order valence-corrected chi connectivity index (χ0v) is 17.2. The Balaban J connectivity index is 1.48. The molecule has 4 heteroatoms. The molecule has 0 aliphatic heterocycles. The predicted molar refractivity (Wildman–Crippen MR) is 117 cm³/mol. The Morgan fingerprint density at radius 3 is 2.24 bits per heavy atom. The van der Waals surface area contributed by atoms with Crippen LogP contribution in [0.3, 0.4) is 0 Å². The van der Waals surface area contributed by atoms with Crippen molar-refractivity contribution < 1.29 is 14.2 Å². The largest absolute Gasteiger partial charge is 0.496 e. The smallest absolute Gasteiger partial charge is 0.161 e. The molecule has 3 aromatic carbocycles. The summed E-state index contributed by atoms with van der Waals surface area (Å²) in [6.45, 7) is 2.27. The van der Waals surface area contributed by atoms with Crippen LogP contribution in [0.5, 0.6) is 17.2 Å². The molecule has 29 heavy (non-hydrogen) atoms. The molecule has 0 radical (unpaired) electrons. The van der Waals surface area contributed by atoms with Gasteiger partial charge in [0.25, 0.3) is 0 Å². The van der Waals surface area contributed by atoms with Crippen LogP contribution in [0.1, 0.15) is 16.7 Å². The summed E-state index contributed by atoms with van der Waals surface area (Å²) in [5.74, 6) is 2.48. The van der Waals surface area contributed by atoms with E-state index in [-0.39, 0.29) is 0 Å². The third-order valence-electron chi connectivity index (χ3n) is 4.81. The number of rotatable bonds is 11. The number of nitrogens with one attached hydrogen (secondary N) is 1. The Hall–Kier alpha value is -2.98. The average molecular weight is 392 g/mol. The lowest BCUT2D eigenvalue weighted by molar-refractivity contribution is 0.297. The van der Waals surface area contributed by atoms with E-state index < -0.39 is 0 Å². The second kappa shape index (κ2) is 11.1. The van der Waals surface area contributed by atoms with Crippen LogP contribution in [-0.4, -0.2) is 27.4 Å². The van der Waals surface area contributed by atoms with E-state index in [1.54, 1.807) is 14.2 Å². The summed E-state index contributed by atoms with van der Waals surface area (Å²) in [6, 6.07) is 24.6. The van der Waals surface area contributed by atoms with Gasteiger partial charge in [-0.25, -0.2) is 0 Å². The monoisotopic (exact) mass is 391 g/mol. The third-order valence-corrected chi connectivity index (χ3v) is 4.81. The van der Waals surface area contributed by atoms with Gasteiger partial charge in [-0.2, -0.15) is 0 Å². The molecule has 1 N–H and O–H groups in total. The van der Waals surface area contributed by atoms with Crippen LogP contribution in [0.4, 0.5) is 0 Å². The van der Waals surface area contributed by atoms with E-state index in [1.807, 2.05) is 48.5 Å². The molecule has 0 heterocycles. The van der Waals surface area contributed by atoms with E-state index in [0.29, 0.717) is 6.61 Å². The van der Waals surface area contributed by atoms with Crippen LogP contribution in [-0.2, 0) is 19.4 Å². The van der Waals surface area contributed by atoms with Gasteiger partial charge >= 0.3 is 0 Å². The molecule has 0 atom stereocenters. The molecule has 152 valence electrons. The minimum atomic E-state index is 0.622. The Morgan fingerprint density at radius 2 is 1.45 bits per heavy atom. The maximum Gasteiger partial charge on any atom is 0.161 e. The van der Waals surface area contributed by atoms with Crippen molar-refractivity contribution in [2.24, 2.45) is 0 Å². The van der Waals surface area contributed by atoms with Gasteiger partial charge < -0.3 is 19.5 Å². The van der Waals surface area contributed by atoms with Crippen molar-refractivity contribution in [2.45, 2.75) is 19.4 Å². The molecule has 0 aliphatic rings. The van der Waals surface area contributed by atoms with E-state index in [4.69, 9.17) is 14.2 Å². The lowest BCUT2D eigenvalue weighted by Crippen LogP contribution is -2.17. The normalized spacial score (nSPS) is 10.6. The Morgan fingerprint density at radius 1 is 0.690 bits per heavy atom. The van der Waals surface area contributed by atoms with Crippen LogP contribution in [0, 0.1) is 0 Å². The predicted octanol–water partition coefficient (Wildman–Crippen LogP) is 4.66. The summed E-state index contributed by atoms with van der Waals surface area (Å²) in [5, 5.41) is 3.48. The molecular weight excluding hydrogens is 362 g/mol. The summed E-state index contributed by atoms with van der Waals surface area (Å²) in [7, 11) is 3.39. The second-order valence-corrected chi connectivity index (χ2v) is 6.81. The molecule has 0 fully saturated rings. The van der Waals surface area contributed by atoms with Crippen molar-refractivity contribution in [3.8, 4) is 17.2 Å². The quantitative estimate of drug-likeness (QED) is 0.483. The van der Waals surface area contributed by atoms with Crippen LogP contribution in [0.25, 0.3) is 0 Å². The van der Waals surface area contributed by atoms with E-state index >= 15 is 0 Å². The highest BCUT2D eigenvalue weighted by molar-refractivity contribution is 5.43. The number of methoxy groups -OCH3 is 2. The van der Waals surface area contributed by atoms with Crippen LogP contribution >= 0.6 is 0 Å². The molecule has 4 nitrogen and oxygen atoms in total. The average Bonchev–Trinajstić information content (AvgIpc) is 2.78. The molecule has 0 bridgehead atoms. The number of ether oxygens (including phenoxy) is 3. The maximum absolute atomic E-state index is 5.94. The minimum absolute atomic E-state index is 0.622. The molecule has 0 unspecified atom stereocenters. The van der Waals surface area contributed by atoms with Crippen LogP contribution in [0.2, 0.25) is 0 Å². The van der Waals surface area contributed by atoms with E-state index in [0.717, 1.165) is 48.7 Å². The minimum Gasteiger partial charge on any atom is -0.496 e. The van der Waals surface area contributed by atoms with Gasteiger partial charge in [-0.3, -0.25) is 0 Å². The fourth-order valence-electron chi connectivity index (χ4n) is 3.23. The molecule has 3 rings (SSSR count). The van der Waals surface area contributed by atoms with E-state index in [1.165, 1.54) is 11.1 Å². The zero-order valence-electron chi connectivity index (χ0n) is 17.2. The van der Waals surface area contributed by atoms with Crippen LogP contribution < -0.4 is 19.5 Å². The van der Waals surface area contributed by atoms with Gasteiger partial charge in [-0.15, -0.1) is 0 Å². The first-order chi connectivity index (χ1) is 14.3. The molecule has 0 spiro atoms. The maximum atomic E-state index is 5.94. The van der Waals surface area contributed by atoms with Crippen molar-refractivity contribution in [3.05, 3.63) is 89.5 Å². The van der Waals surface area contributed by atoms with Crippen LogP contribution in [0.15, 0.2) is 72.8 Å². The summed E-state index contributed by atoms with van der Waals surface area (Å²) in [4.78, 5) is 0. The van der Waals surface area contributed by atoms with Crippen molar-refractivity contribution in [1.82, 2.24) is 5.32 Å². The lowest BCUT2D eigenvalue weighted by atomic mass is 10.1. The number of benzene rings is 3. The molecule has 0 amide bonds. The van der Waals surface area contributed by atoms with Gasteiger partial charge in [0.1, 0.15) is 5.75 Å². The highest BCUT2D eigenvalue weighted by Crippen LogP contribution is 2.28. The lowest BCUT2D eigenvalue weighted by Gasteiger charge is -2.13. The highest BCUT2D eigenvalue weighted by Gasteiger charge is 2.07. The zero-order chi connectivity index (χ0) is 20.3. The molecule has 0 saturated heterocycles. The van der Waals surface area contributed by atoms with E-state index in [9.17, 15) is 0 Å². The first kappa shape index (κ1) is 20.7. The summed E-state index contributed by atoms with van der Waals surface area (Å²) in [5.41, 5.74) is 3.64. The van der Waals surface area contributed by atoms with Gasteiger partial charge in [0.15, 0.2) is 11.5 Å². The van der Waals surface area contributed by atoms with E-state index in [2.05, 4.69) is 29.6 Å². The Bertz CT molecular complexity index is 880. The topological polar surface area (TPSA) is 39.7 Å². The van der Waals surface area contributed by atoms with Gasteiger partial charge in [0.05, 0.1) is 20.8 Å². The first-order valence-corrected chi connectivity index (χ1v) is 9.96. The molecular formula is C25H29NO3. The molecule has 3 aromatic rings. The van der Waals surface area contributed by atoms with Crippen molar-refractivity contribution in [2.75, 3.05) is 27.4 Å². The van der Waals surface area contributed by atoms with Crippen molar-refractivity contribution >= 4 is 0 Å². The number of hydrogen-bond acceptors (Lipinski definition) is 4. The van der Waals surface area contributed by atoms with Crippen molar-refractivity contribution in [1.29, 1.82) is 0 Å². The fraction of sp³-hybridized carbons (Fsp3) is 0.280. The molecule has 0 aromatic heterocycles. The summed E-state index contributed by atoms with van der Waals surface area (Å²) >= 11 is 0. The van der Waals surface area contributed by atoms with Gasteiger partial charge in [-0.1, -0.05) is 54.6 Å². The molecule has 0 aliphatic carbocycles. The first-order valence-electron chi connectivity index (χ1n) is 9.96. The Labute approximate surface area is 173 Å².